The summed E-state index contributed by atoms with van der Waals surface area (Å²) in [4.78, 5) is 34.1. The first-order chi connectivity index (χ1) is 16.0. The van der Waals surface area contributed by atoms with Crippen LogP contribution < -0.4 is 10.5 Å². The molecule has 2 amide bonds. The molecule has 1 fully saturated rings. The summed E-state index contributed by atoms with van der Waals surface area (Å²) in [6.45, 7) is 3.52. The van der Waals surface area contributed by atoms with Gasteiger partial charge in [-0.2, -0.15) is 0 Å². The molecule has 7 nitrogen and oxygen atoms in total. The van der Waals surface area contributed by atoms with E-state index in [1.807, 2.05) is 49.4 Å². The molecule has 7 heteroatoms. The van der Waals surface area contributed by atoms with Gasteiger partial charge in [0.1, 0.15) is 17.6 Å². The molecule has 1 atom stereocenters. The molecule has 4 rings (SSSR count). The third-order valence-corrected chi connectivity index (χ3v) is 6.07. The highest BCUT2D eigenvalue weighted by Gasteiger charge is 2.37. The van der Waals surface area contributed by atoms with E-state index in [2.05, 4.69) is 11.1 Å². The average molecular weight is 445 g/mol. The van der Waals surface area contributed by atoms with Gasteiger partial charge in [-0.15, -0.1) is 0 Å². The van der Waals surface area contributed by atoms with Crippen molar-refractivity contribution in [1.29, 1.82) is 0 Å². The number of benzene rings is 2. The number of hydrogen-bond donors (Lipinski definition) is 1. The van der Waals surface area contributed by atoms with Crippen molar-refractivity contribution in [3.63, 3.8) is 0 Å². The number of likely N-dealkylation sites (N-methyl/N-ethyl adjacent to an activating group) is 1. The first-order valence-corrected chi connectivity index (χ1v) is 11.1. The van der Waals surface area contributed by atoms with Gasteiger partial charge in [-0.1, -0.05) is 36.4 Å². The molecule has 170 valence electrons. The molecule has 1 saturated heterocycles. The van der Waals surface area contributed by atoms with E-state index in [-0.39, 0.29) is 17.6 Å². The molecule has 3 aromatic rings. The molecule has 1 aromatic heterocycles. The molecule has 2 N–H and O–H groups in total. The van der Waals surface area contributed by atoms with Crippen molar-refractivity contribution in [1.82, 2.24) is 14.8 Å². The number of nitrogens with zero attached hydrogens (tertiary/aromatic N) is 3. The number of methoxy groups -OCH3 is 1. The quantitative estimate of drug-likeness (QED) is 0.631. The van der Waals surface area contributed by atoms with E-state index in [0.29, 0.717) is 31.6 Å². The van der Waals surface area contributed by atoms with Crippen molar-refractivity contribution in [3.05, 3.63) is 78.0 Å². The van der Waals surface area contributed by atoms with Crippen molar-refractivity contribution in [3.8, 4) is 16.9 Å². The van der Waals surface area contributed by atoms with E-state index in [1.54, 1.807) is 35.2 Å². The molecule has 1 aliphatic rings. The maximum absolute atomic E-state index is 13.3. The fourth-order valence-corrected chi connectivity index (χ4v) is 4.23. The Labute approximate surface area is 193 Å². The predicted molar refractivity (Wildman–Crippen MR) is 128 cm³/mol. The Morgan fingerprint density at radius 1 is 1.09 bits per heavy atom. The van der Waals surface area contributed by atoms with Crippen LogP contribution >= 0.6 is 0 Å². The second kappa shape index (κ2) is 9.73. The number of amides is 2. The highest BCUT2D eigenvalue weighted by molar-refractivity contribution is 6.01. The summed E-state index contributed by atoms with van der Waals surface area (Å²) in [7, 11) is 1.64. The zero-order chi connectivity index (χ0) is 23.4. The molecule has 0 saturated carbocycles. The van der Waals surface area contributed by atoms with Gasteiger partial charge in [-0.05, 0) is 47.9 Å². The number of nitrogen functional groups attached to an aromatic ring is 1. The maximum Gasteiger partial charge on any atom is 0.258 e. The van der Waals surface area contributed by atoms with E-state index in [9.17, 15) is 9.59 Å². The van der Waals surface area contributed by atoms with E-state index >= 15 is 0 Å². The van der Waals surface area contributed by atoms with Gasteiger partial charge < -0.3 is 20.3 Å². The van der Waals surface area contributed by atoms with Crippen molar-refractivity contribution >= 4 is 17.6 Å². The van der Waals surface area contributed by atoms with Crippen LogP contribution in [0.2, 0.25) is 0 Å². The van der Waals surface area contributed by atoms with Gasteiger partial charge in [0.15, 0.2) is 0 Å². The summed E-state index contributed by atoms with van der Waals surface area (Å²) in [5, 5.41) is 0. The minimum atomic E-state index is -0.600. The Hall–Kier alpha value is -3.87. The van der Waals surface area contributed by atoms with E-state index in [0.717, 1.165) is 22.4 Å². The van der Waals surface area contributed by atoms with Gasteiger partial charge >= 0.3 is 0 Å². The summed E-state index contributed by atoms with van der Waals surface area (Å²) >= 11 is 0. The Morgan fingerprint density at radius 2 is 1.88 bits per heavy atom. The molecule has 33 heavy (non-hydrogen) atoms. The fraction of sp³-hybridized carbons (Fsp3) is 0.269. The molecule has 2 aromatic carbocycles. The molecule has 1 aliphatic heterocycles. The first kappa shape index (κ1) is 22.3. The number of carbonyl (C=O) groups is 2. The van der Waals surface area contributed by atoms with Crippen molar-refractivity contribution in [2.45, 2.75) is 19.4 Å². The number of anilines is 1. The zero-order valence-electron chi connectivity index (χ0n) is 18.9. The number of ether oxygens (including phenoxy) is 1. The summed E-state index contributed by atoms with van der Waals surface area (Å²) in [6, 6.07) is 18.7. The molecule has 0 aliphatic carbocycles. The van der Waals surface area contributed by atoms with Crippen molar-refractivity contribution in [2.24, 2.45) is 0 Å². The number of rotatable bonds is 6. The number of carbonyl (C=O) groups excluding carboxylic acids is 2. The predicted octanol–water partition coefficient (Wildman–Crippen LogP) is 3.26. The van der Waals surface area contributed by atoms with Crippen LogP contribution in [0.4, 0.5) is 5.82 Å². The van der Waals surface area contributed by atoms with Crippen LogP contribution in [-0.2, 0) is 11.2 Å². The second-order valence-electron chi connectivity index (χ2n) is 8.00. The summed E-state index contributed by atoms with van der Waals surface area (Å²) in [5.41, 5.74) is 9.36. The van der Waals surface area contributed by atoms with Crippen LogP contribution in [-0.4, -0.2) is 59.4 Å². The highest BCUT2D eigenvalue weighted by atomic mass is 16.5. The standard InChI is InChI=1S/C26H28N4O3/c1-3-29-14-15-30(25(31)22-8-5-13-28-24(22)27)23(26(29)32)17-18-6-4-7-20(16-18)19-9-11-21(33-2)12-10-19/h4-13,16,23H,3,14-15,17H2,1-2H3,(H2,27,28)/t23-/m1/s1. The molecule has 2 heterocycles. The minimum Gasteiger partial charge on any atom is -0.497 e. The largest absolute Gasteiger partial charge is 0.497 e. The lowest BCUT2D eigenvalue weighted by Crippen LogP contribution is -2.59. The Balaban J connectivity index is 1.63. The molecular formula is C26H28N4O3. The zero-order valence-corrected chi connectivity index (χ0v) is 18.9. The summed E-state index contributed by atoms with van der Waals surface area (Å²) in [6.07, 6.45) is 1.97. The van der Waals surface area contributed by atoms with Crippen molar-refractivity contribution in [2.75, 3.05) is 32.5 Å². The van der Waals surface area contributed by atoms with Gasteiger partial charge in [0.25, 0.3) is 5.91 Å². The third-order valence-electron chi connectivity index (χ3n) is 6.07. The lowest BCUT2D eigenvalue weighted by atomic mass is 9.96. The van der Waals surface area contributed by atoms with Crippen LogP contribution in [0, 0.1) is 0 Å². The lowest BCUT2D eigenvalue weighted by Gasteiger charge is -2.40. The van der Waals surface area contributed by atoms with Crippen LogP contribution in [0.25, 0.3) is 11.1 Å². The molecule has 0 radical (unpaired) electrons. The van der Waals surface area contributed by atoms with E-state index < -0.39 is 6.04 Å². The van der Waals surface area contributed by atoms with E-state index in [4.69, 9.17) is 10.5 Å². The minimum absolute atomic E-state index is 0.0468. The SMILES string of the molecule is CCN1CCN(C(=O)c2cccnc2N)[C@H](Cc2cccc(-c3ccc(OC)cc3)c2)C1=O. The fourth-order valence-electron chi connectivity index (χ4n) is 4.23. The second-order valence-corrected chi connectivity index (χ2v) is 8.00. The highest BCUT2D eigenvalue weighted by Crippen LogP contribution is 2.26. The number of nitrogens with two attached hydrogens (primary N) is 1. The van der Waals surface area contributed by atoms with Gasteiger partial charge in [0.2, 0.25) is 5.91 Å². The Morgan fingerprint density at radius 3 is 2.58 bits per heavy atom. The third kappa shape index (κ3) is 4.67. The summed E-state index contributed by atoms with van der Waals surface area (Å²) < 4.78 is 5.25. The molecular weight excluding hydrogens is 416 g/mol. The van der Waals surface area contributed by atoms with Gasteiger partial charge in [0, 0.05) is 32.3 Å². The smallest absolute Gasteiger partial charge is 0.258 e. The Kier molecular flexibility index (Phi) is 6.58. The molecule has 0 bridgehead atoms. The first-order valence-electron chi connectivity index (χ1n) is 11.1. The Bertz CT molecular complexity index is 1150. The summed E-state index contributed by atoms with van der Waals surface area (Å²) in [5.74, 6) is 0.662. The maximum atomic E-state index is 13.3. The number of hydrogen-bond acceptors (Lipinski definition) is 5. The topological polar surface area (TPSA) is 88.8 Å². The average Bonchev–Trinajstić information content (AvgIpc) is 2.85. The molecule has 0 spiro atoms. The van der Waals surface area contributed by atoms with Crippen LogP contribution in [0.3, 0.4) is 0 Å². The van der Waals surface area contributed by atoms with E-state index in [1.165, 1.54) is 0 Å². The normalized spacial score (nSPS) is 16.1. The van der Waals surface area contributed by atoms with Gasteiger partial charge in [-0.25, -0.2) is 4.98 Å². The number of pyridine rings is 1. The van der Waals surface area contributed by atoms with Crippen LogP contribution in [0.1, 0.15) is 22.8 Å². The number of aromatic nitrogens is 1. The van der Waals surface area contributed by atoms with Gasteiger partial charge in [-0.3, -0.25) is 9.59 Å². The lowest BCUT2D eigenvalue weighted by molar-refractivity contribution is -0.139. The van der Waals surface area contributed by atoms with Crippen molar-refractivity contribution < 1.29 is 14.3 Å². The monoisotopic (exact) mass is 444 g/mol. The number of piperazine rings is 1. The molecule has 0 unspecified atom stereocenters. The van der Waals surface area contributed by atoms with Gasteiger partial charge in [0.05, 0.1) is 12.7 Å². The van der Waals surface area contributed by atoms with Crippen LogP contribution in [0.15, 0.2) is 66.9 Å². The van der Waals surface area contributed by atoms with Crippen LogP contribution in [0.5, 0.6) is 5.75 Å².